The van der Waals surface area contributed by atoms with Crippen molar-refractivity contribution in [1.29, 1.82) is 0 Å². The largest absolute Gasteiger partial charge is 0.497 e. The Kier molecular flexibility index (Phi) is 4.24. The van der Waals surface area contributed by atoms with Crippen LogP contribution in [0, 0.1) is 3.57 Å². The molecule has 0 aliphatic rings. The summed E-state index contributed by atoms with van der Waals surface area (Å²) in [7, 11) is 1.45. The van der Waals surface area contributed by atoms with Crippen LogP contribution in [0.1, 0.15) is 5.82 Å². The normalized spacial score (nSPS) is 11.7. The van der Waals surface area contributed by atoms with E-state index in [1.807, 2.05) is 22.6 Å². The van der Waals surface area contributed by atoms with Gasteiger partial charge in [0.05, 0.1) is 23.7 Å². The molecule has 0 saturated heterocycles. The molecule has 124 valence electrons. The SMILES string of the molecule is COc1ccc(-n2c(C(F)(F)F)nc3ccc(I)cc3c2=O)cc1. The predicted octanol–water partition coefficient (Wildman–Crippen LogP) is 4.02. The van der Waals surface area contributed by atoms with E-state index in [0.717, 1.165) is 3.57 Å². The Morgan fingerprint density at radius 2 is 1.79 bits per heavy atom. The van der Waals surface area contributed by atoms with E-state index in [1.165, 1.54) is 43.5 Å². The van der Waals surface area contributed by atoms with Crippen LogP contribution in [-0.2, 0) is 6.18 Å². The van der Waals surface area contributed by atoms with Crippen molar-refractivity contribution in [1.82, 2.24) is 9.55 Å². The summed E-state index contributed by atoms with van der Waals surface area (Å²) in [6.07, 6.45) is -4.77. The molecule has 0 radical (unpaired) electrons. The summed E-state index contributed by atoms with van der Waals surface area (Å²) in [5.41, 5.74) is -0.685. The van der Waals surface area contributed by atoms with E-state index < -0.39 is 17.6 Å². The molecule has 8 heteroatoms. The fraction of sp³-hybridized carbons (Fsp3) is 0.125. The molecule has 0 amide bonds. The van der Waals surface area contributed by atoms with E-state index in [-0.39, 0.29) is 16.6 Å². The minimum absolute atomic E-state index is 0.0116. The van der Waals surface area contributed by atoms with Crippen molar-refractivity contribution in [3.05, 3.63) is 62.2 Å². The highest BCUT2D eigenvalue weighted by molar-refractivity contribution is 14.1. The number of hydrogen-bond acceptors (Lipinski definition) is 3. The van der Waals surface area contributed by atoms with Crippen molar-refractivity contribution in [2.24, 2.45) is 0 Å². The molecule has 24 heavy (non-hydrogen) atoms. The Labute approximate surface area is 148 Å². The molecule has 1 heterocycles. The van der Waals surface area contributed by atoms with Crippen LogP contribution in [0.4, 0.5) is 13.2 Å². The standard InChI is InChI=1S/C16H10F3IN2O2/c1-24-11-5-3-10(4-6-11)22-14(23)12-8-9(20)2-7-13(12)21-15(22)16(17,18)19/h2-8H,1H3. The average Bonchev–Trinajstić information content (AvgIpc) is 2.54. The van der Waals surface area contributed by atoms with Crippen molar-refractivity contribution >= 4 is 33.5 Å². The molecule has 0 aliphatic heterocycles. The van der Waals surface area contributed by atoms with E-state index >= 15 is 0 Å². The molecule has 0 unspecified atom stereocenters. The number of methoxy groups -OCH3 is 1. The molecule has 0 N–H and O–H groups in total. The molecular formula is C16H10F3IN2O2. The summed E-state index contributed by atoms with van der Waals surface area (Å²) in [5, 5.41) is 0.130. The molecular weight excluding hydrogens is 436 g/mol. The van der Waals surface area contributed by atoms with Crippen molar-refractivity contribution in [2.45, 2.75) is 6.18 Å². The van der Waals surface area contributed by atoms with Crippen LogP contribution in [0.3, 0.4) is 0 Å². The van der Waals surface area contributed by atoms with Crippen LogP contribution in [0.5, 0.6) is 5.75 Å². The summed E-state index contributed by atoms with van der Waals surface area (Å²) < 4.78 is 46.6. The van der Waals surface area contributed by atoms with Crippen LogP contribution in [0.15, 0.2) is 47.3 Å². The summed E-state index contributed by atoms with van der Waals surface area (Å²) in [6.45, 7) is 0. The lowest BCUT2D eigenvalue weighted by Gasteiger charge is -2.16. The third-order valence-electron chi connectivity index (χ3n) is 3.41. The quantitative estimate of drug-likeness (QED) is 0.559. The summed E-state index contributed by atoms with van der Waals surface area (Å²) in [4.78, 5) is 16.4. The molecule has 0 aliphatic carbocycles. The second-order valence-electron chi connectivity index (χ2n) is 4.93. The Hall–Kier alpha value is -2.10. The molecule has 2 aromatic carbocycles. The number of halogens is 4. The van der Waals surface area contributed by atoms with E-state index in [4.69, 9.17) is 4.74 Å². The second-order valence-corrected chi connectivity index (χ2v) is 6.18. The van der Waals surface area contributed by atoms with Gasteiger partial charge in [0.25, 0.3) is 5.56 Å². The number of fused-ring (bicyclic) bond motifs is 1. The van der Waals surface area contributed by atoms with Gasteiger partial charge in [0, 0.05) is 3.57 Å². The van der Waals surface area contributed by atoms with Gasteiger partial charge in [-0.2, -0.15) is 13.2 Å². The monoisotopic (exact) mass is 446 g/mol. The maximum Gasteiger partial charge on any atom is 0.450 e. The minimum Gasteiger partial charge on any atom is -0.497 e. The summed E-state index contributed by atoms with van der Waals surface area (Å²) in [5.74, 6) is -0.782. The number of hydrogen-bond donors (Lipinski definition) is 0. The van der Waals surface area contributed by atoms with Crippen molar-refractivity contribution in [2.75, 3.05) is 7.11 Å². The topological polar surface area (TPSA) is 44.1 Å². The first kappa shape index (κ1) is 16.7. The van der Waals surface area contributed by atoms with E-state index in [2.05, 4.69) is 4.98 Å². The number of ether oxygens (including phenoxy) is 1. The fourth-order valence-electron chi connectivity index (χ4n) is 2.32. The Bertz CT molecular complexity index is 966. The van der Waals surface area contributed by atoms with Crippen LogP contribution in [-0.4, -0.2) is 16.7 Å². The lowest BCUT2D eigenvalue weighted by Crippen LogP contribution is -2.28. The maximum absolute atomic E-state index is 13.4. The van der Waals surface area contributed by atoms with E-state index in [9.17, 15) is 18.0 Å². The predicted molar refractivity (Wildman–Crippen MR) is 91.6 cm³/mol. The highest BCUT2D eigenvalue weighted by Crippen LogP contribution is 2.30. The lowest BCUT2D eigenvalue weighted by molar-refractivity contribution is -0.146. The molecule has 4 nitrogen and oxygen atoms in total. The van der Waals surface area contributed by atoms with Gasteiger partial charge in [-0.3, -0.25) is 9.36 Å². The zero-order chi connectivity index (χ0) is 17.5. The molecule has 0 fully saturated rings. The van der Waals surface area contributed by atoms with Gasteiger partial charge in [0.15, 0.2) is 0 Å². The molecule has 1 aromatic heterocycles. The molecule has 3 rings (SSSR count). The Balaban J connectivity index is 2.38. The lowest BCUT2D eigenvalue weighted by atomic mass is 10.2. The first-order valence-corrected chi connectivity index (χ1v) is 7.83. The highest BCUT2D eigenvalue weighted by Gasteiger charge is 2.37. The number of alkyl halides is 3. The van der Waals surface area contributed by atoms with Gasteiger partial charge in [-0.25, -0.2) is 4.98 Å². The van der Waals surface area contributed by atoms with Gasteiger partial charge in [0.2, 0.25) is 5.82 Å². The summed E-state index contributed by atoms with van der Waals surface area (Å²) in [6, 6.07) is 10.3. The third kappa shape index (κ3) is 2.97. The van der Waals surface area contributed by atoms with Crippen LogP contribution < -0.4 is 10.3 Å². The molecule has 0 spiro atoms. The maximum atomic E-state index is 13.4. The average molecular weight is 446 g/mol. The van der Waals surface area contributed by atoms with Crippen molar-refractivity contribution < 1.29 is 17.9 Å². The van der Waals surface area contributed by atoms with Crippen molar-refractivity contribution in [3.63, 3.8) is 0 Å². The Morgan fingerprint density at radius 1 is 1.12 bits per heavy atom. The second kappa shape index (κ2) is 6.08. The number of benzene rings is 2. The van der Waals surface area contributed by atoms with Gasteiger partial charge in [-0.15, -0.1) is 0 Å². The highest BCUT2D eigenvalue weighted by atomic mass is 127. The van der Waals surface area contributed by atoms with Crippen LogP contribution in [0.25, 0.3) is 16.6 Å². The van der Waals surface area contributed by atoms with Crippen LogP contribution in [0.2, 0.25) is 0 Å². The Morgan fingerprint density at radius 3 is 2.38 bits per heavy atom. The minimum atomic E-state index is -4.77. The van der Waals surface area contributed by atoms with E-state index in [0.29, 0.717) is 10.3 Å². The number of nitrogens with zero attached hydrogens (tertiary/aromatic N) is 2. The first-order chi connectivity index (χ1) is 11.3. The molecule has 0 atom stereocenters. The molecule has 0 bridgehead atoms. The van der Waals surface area contributed by atoms with E-state index in [1.54, 1.807) is 6.07 Å². The van der Waals surface area contributed by atoms with Gasteiger partial charge in [-0.05, 0) is 65.1 Å². The number of rotatable bonds is 2. The summed E-state index contributed by atoms with van der Waals surface area (Å²) >= 11 is 1.99. The third-order valence-corrected chi connectivity index (χ3v) is 4.09. The van der Waals surface area contributed by atoms with Gasteiger partial charge in [0.1, 0.15) is 5.75 Å². The number of aromatic nitrogens is 2. The van der Waals surface area contributed by atoms with Gasteiger partial charge in [-0.1, -0.05) is 0 Å². The smallest absolute Gasteiger partial charge is 0.450 e. The van der Waals surface area contributed by atoms with Crippen LogP contribution >= 0.6 is 22.6 Å². The zero-order valence-electron chi connectivity index (χ0n) is 12.3. The molecule has 3 aromatic rings. The van der Waals surface area contributed by atoms with Gasteiger partial charge >= 0.3 is 6.18 Å². The van der Waals surface area contributed by atoms with Gasteiger partial charge < -0.3 is 4.74 Å². The fourth-order valence-corrected chi connectivity index (χ4v) is 2.81. The zero-order valence-corrected chi connectivity index (χ0v) is 14.4. The molecule has 0 saturated carbocycles. The first-order valence-electron chi connectivity index (χ1n) is 6.75. The van der Waals surface area contributed by atoms with Crippen molar-refractivity contribution in [3.8, 4) is 11.4 Å².